The lowest BCUT2D eigenvalue weighted by Crippen LogP contribution is -2.09. The van der Waals surface area contributed by atoms with Gasteiger partial charge in [-0.25, -0.2) is 0 Å². The number of alkyl halides is 3. The van der Waals surface area contributed by atoms with Crippen molar-refractivity contribution in [1.82, 2.24) is 4.98 Å². The fraction of sp³-hybridized carbons (Fsp3) is 0.118. The molecule has 142 valence electrons. The molecule has 0 unspecified atom stereocenters. The number of aromatic hydroxyl groups is 1. The molecular formula is C17H10Cl2F3NO3S. The van der Waals surface area contributed by atoms with Gasteiger partial charge in [0.15, 0.2) is 0 Å². The first-order valence-corrected chi connectivity index (χ1v) is 8.94. The Labute approximate surface area is 164 Å². The van der Waals surface area contributed by atoms with Gasteiger partial charge in [-0.05, 0) is 35.9 Å². The number of benzene rings is 2. The molecule has 0 amide bonds. The third-order valence-corrected chi connectivity index (χ3v) is 4.96. The molecule has 2 aromatic carbocycles. The van der Waals surface area contributed by atoms with E-state index in [9.17, 15) is 23.1 Å². The molecule has 3 rings (SSSR count). The highest BCUT2D eigenvalue weighted by molar-refractivity contribution is 7.09. The Morgan fingerprint density at radius 2 is 1.89 bits per heavy atom. The Hall–Kier alpha value is -2.16. The predicted molar refractivity (Wildman–Crippen MR) is 97.4 cm³/mol. The largest absolute Gasteiger partial charge is 0.494 e. The van der Waals surface area contributed by atoms with Crippen LogP contribution in [0.5, 0.6) is 17.4 Å². The summed E-state index contributed by atoms with van der Waals surface area (Å²) >= 11 is 12.4. The Morgan fingerprint density at radius 3 is 2.48 bits per heavy atom. The summed E-state index contributed by atoms with van der Waals surface area (Å²) in [6.45, 7) is 0. The van der Waals surface area contributed by atoms with Gasteiger partial charge >= 0.3 is 11.0 Å². The third-order valence-electron chi connectivity index (χ3n) is 3.56. The van der Waals surface area contributed by atoms with Crippen molar-refractivity contribution in [3.05, 3.63) is 72.1 Å². The normalized spacial score (nSPS) is 11.6. The average Bonchev–Trinajstić information content (AvgIpc) is 2.88. The zero-order chi connectivity index (χ0) is 19.8. The summed E-state index contributed by atoms with van der Waals surface area (Å²) in [5.41, 5.74) is -1.05. The van der Waals surface area contributed by atoms with E-state index in [2.05, 4.69) is 4.98 Å². The van der Waals surface area contributed by atoms with Crippen LogP contribution in [0.4, 0.5) is 13.2 Å². The molecule has 4 nitrogen and oxygen atoms in total. The van der Waals surface area contributed by atoms with E-state index < -0.39 is 22.5 Å². The van der Waals surface area contributed by atoms with Crippen molar-refractivity contribution in [2.75, 3.05) is 0 Å². The molecule has 0 bridgehead atoms. The molecule has 27 heavy (non-hydrogen) atoms. The van der Waals surface area contributed by atoms with Gasteiger partial charge in [0.05, 0.1) is 15.5 Å². The van der Waals surface area contributed by atoms with Crippen LogP contribution in [0, 0.1) is 0 Å². The molecule has 0 fully saturated rings. The molecule has 0 saturated heterocycles. The maximum Gasteiger partial charge on any atom is 0.416 e. The number of ether oxygens (including phenoxy) is 1. The molecule has 3 aromatic rings. The van der Waals surface area contributed by atoms with Gasteiger partial charge in [0.1, 0.15) is 11.5 Å². The molecule has 0 aliphatic carbocycles. The predicted octanol–water partition coefficient (Wildman–Crippen LogP) is 5.85. The van der Waals surface area contributed by atoms with E-state index in [1.54, 1.807) is 0 Å². The van der Waals surface area contributed by atoms with Gasteiger partial charge in [-0.2, -0.15) is 13.2 Å². The molecular weight excluding hydrogens is 426 g/mol. The topological polar surface area (TPSA) is 62.3 Å². The van der Waals surface area contributed by atoms with Crippen molar-refractivity contribution in [3.63, 3.8) is 0 Å². The Kier molecular flexibility index (Phi) is 5.41. The molecule has 2 N–H and O–H groups in total. The van der Waals surface area contributed by atoms with E-state index in [0.717, 1.165) is 6.07 Å². The summed E-state index contributed by atoms with van der Waals surface area (Å²) < 4.78 is 45.9. The summed E-state index contributed by atoms with van der Waals surface area (Å²) in [7, 11) is 0. The van der Waals surface area contributed by atoms with Gasteiger partial charge in [0.25, 0.3) is 0 Å². The SMILES string of the molecule is O=c1[nH]c(O)c(Cc2ccc(Oc3ccc(Cl)cc3Cl)cc2C(F)(F)F)s1. The molecule has 0 aliphatic rings. The van der Waals surface area contributed by atoms with Crippen molar-refractivity contribution in [1.29, 1.82) is 0 Å². The maximum absolute atomic E-state index is 13.5. The van der Waals surface area contributed by atoms with E-state index >= 15 is 0 Å². The van der Waals surface area contributed by atoms with Gasteiger partial charge in [-0.15, -0.1) is 0 Å². The number of aromatic amines is 1. The van der Waals surface area contributed by atoms with Crippen molar-refractivity contribution in [2.24, 2.45) is 0 Å². The quantitative estimate of drug-likeness (QED) is 0.540. The number of nitrogens with one attached hydrogen (secondary N) is 1. The number of halogens is 5. The average molecular weight is 436 g/mol. The van der Waals surface area contributed by atoms with E-state index in [-0.39, 0.29) is 33.4 Å². The summed E-state index contributed by atoms with van der Waals surface area (Å²) in [6, 6.07) is 7.77. The van der Waals surface area contributed by atoms with Crippen LogP contribution in [0.3, 0.4) is 0 Å². The maximum atomic E-state index is 13.5. The van der Waals surface area contributed by atoms with E-state index in [4.69, 9.17) is 27.9 Å². The molecule has 0 spiro atoms. The van der Waals surface area contributed by atoms with Gasteiger partial charge in [-0.1, -0.05) is 40.6 Å². The second-order valence-electron chi connectivity index (χ2n) is 5.46. The van der Waals surface area contributed by atoms with E-state index in [1.165, 1.54) is 30.3 Å². The van der Waals surface area contributed by atoms with Crippen molar-refractivity contribution in [2.45, 2.75) is 12.6 Å². The fourth-order valence-corrected chi connectivity index (χ4v) is 3.56. The van der Waals surface area contributed by atoms with Crippen molar-refractivity contribution in [3.8, 4) is 17.4 Å². The fourth-order valence-electron chi connectivity index (χ4n) is 2.37. The number of hydrogen-bond acceptors (Lipinski definition) is 4. The Balaban J connectivity index is 1.96. The van der Waals surface area contributed by atoms with E-state index in [0.29, 0.717) is 16.4 Å². The minimum absolute atomic E-state index is 0.0678. The van der Waals surface area contributed by atoms with Gasteiger partial charge in [0.2, 0.25) is 5.88 Å². The summed E-state index contributed by atoms with van der Waals surface area (Å²) in [5.74, 6) is -0.350. The van der Waals surface area contributed by atoms with Crippen LogP contribution in [0.25, 0.3) is 0 Å². The lowest BCUT2D eigenvalue weighted by molar-refractivity contribution is -0.138. The zero-order valence-electron chi connectivity index (χ0n) is 13.2. The molecule has 1 aromatic heterocycles. The first-order chi connectivity index (χ1) is 12.6. The second kappa shape index (κ2) is 7.46. The molecule has 1 heterocycles. The highest BCUT2D eigenvalue weighted by atomic mass is 35.5. The first kappa shape index (κ1) is 19.6. The van der Waals surface area contributed by atoms with Crippen LogP contribution >= 0.6 is 34.5 Å². The number of aromatic nitrogens is 1. The standard InChI is InChI=1S/C17H10Cl2F3NO3S/c18-9-2-4-13(12(19)6-9)26-10-3-1-8(11(7-10)17(20,21)22)5-14-15(24)23-16(25)27-14/h1-4,6-7,24H,5H2,(H,23,25). The van der Waals surface area contributed by atoms with Gasteiger partial charge in [-0.3, -0.25) is 9.78 Å². The monoisotopic (exact) mass is 435 g/mol. The highest BCUT2D eigenvalue weighted by Crippen LogP contribution is 2.38. The van der Waals surface area contributed by atoms with Gasteiger partial charge in [0, 0.05) is 11.4 Å². The van der Waals surface area contributed by atoms with Crippen LogP contribution in [0.15, 0.2) is 41.2 Å². The van der Waals surface area contributed by atoms with Crippen LogP contribution in [0.2, 0.25) is 10.0 Å². The smallest absolute Gasteiger partial charge is 0.416 e. The second-order valence-corrected chi connectivity index (χ2v) is 7.37. The minimum atomic E-state index is -4.66. The third kappa shape index (κ3) is 4.58. The molecule has 10 heteroatoms. The number of hydrogen-bond donors (Lipinski definition) is 2. The lowest BCUT2D eigenvalue weighted by Gasteiger charge is -2.15. The van der Waals surface area contributed by atoms with Gasteiger partial charge < -0.3 is 9.84 Å². The zero-order valence-corrected chi connectivity index (χ0v) is 15.6. The first-order valence-electron chi connectivity index (χ1n) is 7.37. The summed E-state index contributed by atoms with van der Waals surface area (Å²) in [5, 5.41) is 10.1. The number of H-pyrrole nitrogens is 1. The van der Waals surface area contributed by atoms with Crippen LogP contribution in [0.1, 0.15) is 16.0 Å². The van der Waals surface area contributed by atoms with Crippen molar-refractivity contribution >= 4 is 34.5 Å². The Bertz CT molecular complexity index is 1050. The van der Waals surface area contributed by atoms with Crippen LogP contribution in [-0.2, 0) is 12.6 Å². The molecule has 0 aliphatic heterocycles. The molecule has 0 saturated carbocycles. The van der Waals surface area contributed by atoms with Crippen LogP contribution in [-0.4, -0.2) is 10.1 Å². The molecule has 0 radical (unpaired) electrons. The molecule has 0 atom stereocenters. The number of thiazole rings is 1. The summed E-state index contributed by atoms with van der Waals surface area (Å²) in [6.07, 6.45) is -4.92. The van der Waals surface area contributed by atoms with Crippen molar-refractivity contribution < 1.29 is 23.0 Å². The van der Waals surface area contributed by atoms with E-state index in [1.807, 2.05) is 0 Å². The summed E-state index contributed by atoms with van der Waals surface area (Å²) in [4.78, 5) is 12.9. The lowest BCUT2D eigenvalue weighted by atomic mass is 10.0. The highest BCUT2D eigenvalue weighted by Gasteiger charge is 2.34. The minimum Gasteiger partial charge on any atom is -0.494 e. The van der Waals surface area contributed by atoms with Crippen LogP contribution < -0.4 is 9.61 Å². The number of rotatable bonds is 4. The Morgan fingerprint density at radius 1 is 1.15 bits per heavy atom.